The Hall–Kier alpha value is -2.39. The van der Waals surface area contributed by atoms with Crippen molar-refractivity contribution in [2.45, 2.75) is 13.8 Å². The lowest BCUT2D eigenvalue weighted by Crippen LogP contribution is -2.53. The summed E-state index contributed by atoms with van der Waals surface area (Å²) in [7, 11) is 0. The monoisotopic (exact) mass is 433 g/mol. The van der Waals surface area contributed by atoms with E-state index >= 15 is 0 Å². The summed E-state index contributed by atoms with van der Waals surface area (Å²) in [5, 5.41) is 0. The van der Waals surface area contributed by atoms with E-state index < -0.39 is 0 Å². The second-order valence-electron chi connectivity index (χ2n) is 6.75. The SMILES string of the molecule is CCOC(=O)N1CCN(C(=O)CN2C(=O)/C(=C/c3ccc(C)cc3)SC2=S)CC1. The highest BCUT2D eigenvalue weighted by Gasteiger charge is 2.35. The van der Waals surface area contributed by atoms with Crippen LogP contribution in [-0.4, -0.2) is 76.3 Å². The molecule has 29 heavy (non-hydrogen) atoms. The molecule has 9 heteroatoms. The van der Waals surface area contributed by atoms with Gasteiger partial charge in [-0.15, -0.1) is 0 Å². The molecule has 2 heterocycles. The molecule has 2 aliphatic rings. The molecule has 3 amide bonds. The number of amides is 3. The minimum atomic E-state index is -0.363. The van der Waals surface area contributed by atoms with Gasteiger partial charge in [-0.1, -0.05) is 53.8 Å². The Morgan fingerprint density at radius 3 is 2.38 bits per heavy atom. The van der Waals surface area contributed by atoms with Gasteiger partial charge in [-0.05, 0) is 25.5 Å². The average molecular weight is 434 g/mol. The Bertz CT molecular complexity index is 846. The van der Waals surface area contributed by atoms with E-state index in [1.165, 1.54) is 16.7 Å². The lowest BCUT2D eigenvalue weighted by Gasteiger charge is -2.34. The molecule has 1 aromatic carbocycles. The minimum Gasteiger partial charge on any atom is -0.450 e. The van der Waals surface area contributed by atoms with E-state index in [1.807, 2.05) is 31.2 Å². The number of benzene rings is 1. The third-order valence-electron chi connectivity index (χ3n) is 4.70. The highest BCUT2D eigenvalue weighted by atomic mass is 32.2. The van der Waals surface area contributed by atoms with Crippen LogP contribution in [0.2, 0.25) is 0 Å². The Balaban J connectivity index is 1.58. The molecule has 0 aliphatic carbocycles. The molecule has 0 atom stereocenters. The van der Waals surface area contributed by atoms with E-state index in [1.54, 1.807) is 22.8 Å². The van der Waals surface area contributed by atoms with Crippen molar-refractivity contribution in [2.24, 2.45) is 0 Å². The minimum absolute atomic E-state index is 0.0880. The zero-order chi connectivity index (χ0) is 21.0. The number of aryl methyl sites for hydroxylation is 1. The normalized spacial score (nSPS) is 18.6. The summed E-state index contributed by atoms with van der Waals surface area (Å²) in [6.07, 6.45) is 1.43. The number of piperazine rings is 1. The fourth-order valence-corrected chi connectivity index (χ4v) is 4.29. The molecule has 2 fully saturated rings. The van der Waals surface area contributed by atoms with Gasteiger partial charge in [0.1, 0.15) is 10.9 Å². The average Bonchev–Trinajstić information content (AvgIpc) is 2.97. The summed E-state index contributed by atoms with van der Waals surface area (Å²) in [6.45, 7) is 5.64. The van der Waals surface area contributed by atoms with Crippen molar-refractivity contribution in [3.8, 4) is 0 Å². The topological polar surface area (TPSA) is 70.2 Å². The zero-order valence-electron chi connectivity index (χ0n) is 16.4. The maximum atomic E-state index is 12.7. The van der Waals surface area contributed by atoms with Gasteiger partial charge in [-0.3, -0.25) is 14.5 Å². The molecule has 0 radical (unpaired) electrons. The van der Waals surface area contributed by atoms with Crippen molar-refractivity contribution >= 4 is 52.3 Å². The molecule has 0 N–H and O–H groups in total. The summed E-state index contributed by atoms with van der Waals surface area (Å²) in [5.41, 5.74) is 2.06. The van der Waals surface area contributed by atoms with E-state index in [0.29, 0.717) is 42.0 Å². The fourth-order valence-electron chi connectivity index (χ4n) is 3.04. The summed E-state index contributed by atoms with van der Waals surface area (Å²) in [4.78, 5) is 42.2. The number of hydrogen-bond acceptors (Lipinski definition) is 6. The van der Waals surface area contributed by atoms with Gasteiger partial charge in [0.15, 0.2) is 0 Å². The van der Waals surface area contributed by atoms with Gasteiger partial charge in [0.25, 0.3) is 5.91 Å². The quantitative estimate of drug-likeness (QED) is 0.537. The predicted molar refractivity (Wildman–Crippen MR) is 116 cm³/mol. The molecule has 0 saturated carbocycles. The molecule has 0 bridgehead atoms. The molecule has 2 aliphatic heterocycles. The van der Waals surface area contributed by atoms with Crippen LogP contribution in [0.25, 0.3) is 6.08 Å². The molecule has 2 saturated heterocycles. The highest BCUT2D eigenvalue weighted by molar-refractivity contribution is 8.26. The lowest BCUT2D eigenvalue weighted by atomic mass is 10.1. The highest BCUT2D eigenvalue weighted by Crippen LogP contribution is 2.32. The Labute approximate surface area is 179 Å². The van der Waals surface area contributed by atoms with Gasteiger partial charge in [0.05, 0.1) is 11.5 Å². The molecule has 154 valence electrons. The molecular formula is C20H23N3O4S2. The van der Waals surface area contributed by atoms with Crippen LogP contribution in [0.15, 0.2) is 29.2 Å². The van der Waals surface area contributed by atoms with Gasteiger partial charge in [-0.2, -0.15) is 0 Å². The van der Waals surface area contributed by atoms with Gasteiger partial charge in [0, 0.05) is 26.2 Å². The van der Waals surface area contributed by atoms with Crippen LogP contribution < -0.4 is 0 Å². The lowest BCUT2D eigenvalue weighted by molar-refractivity contribution is -0.136. The number of rotatable bonds is 4. The molecule has 0 unspecified atom stereocenters. The van der Waals surface area contributed by atoms with E-state index in [0.717, 1.165) is 11.1 Å². The molecule has 3 rings (SSSR count). The summed E-state index contributed by atoms with van der Waals surface area (Å²) >= 11 is 6.53. The number of ether oxygens (including phenoxy) is 1. The van der Waals surface area contributed by atoms with Crippen molar-refractivity contribution in [1.29, 1.82) is 0 Å². The van der Waals surface area contributed by atoms with Crippen LogP contribution in [0.1, 0.15) is 18.1 Å². The molecule has 7 nitrogen and oxygen atoms in total. The summed E-state index contributed by atoms with van der Waals surface area (Å²) in [6, 6.07) is 7.84. The summed E-state index contributed by atoms with van der Waals surface area (Å²) < 4.78 is 5.37. The third-order valence-corrected chi connectivity index (χ3v) is 6.08. The number of thiocarbonyl (C=S) groups is 1. The van der Waals surface area contributed by atoms with Crippen LogP contribution in [0, 0.1) is 6.92 Å². The smallest absolute Gasteiger partial charge is 0.409 e. The second-order valence-corrected chi connectivity index (χ2v) is 8.42. The van der Waals surface area contributed by atoms with Gasteiger partial charge >= 0.3 is 6.09 Å². The van der Waals surface area contributed by atoms with Crippen molar-refractivity contribution < 1.29 is 19.1 Å². The molecule has 1 aromatic rings. The predicted octanol–water partition coefficient (Wildman–Crippen LogP) is 2.50. The molecule has 0 aromatic heterocycles. The van der Waals surface area contributed by atoms with Crippen LogP contribution in [0.5, 0.6) is 0 Å². The molecule has 0 spiro atoms. The third kappa shape index (κ3) is 5.16. The van der Waals surface area contributed by atoms with Crippen LogP contribution in [-0.2, 0) is 14.3 Å². The first-order chi connectivity index (χ1) is 13.9. The Kier molecular flexibility index (Phi) is 6.92. The second kappa shape index (κ2) is 9.41. The first-order valence-electron chi connectivity index (χ1n) is 9.40. The van der Waals surface area contributed by atoms with Crippen molar-refractivity contribution in [3.63, 3.8) is 0 Å². The van der Waals surface area contributed by atoms with E-state index in [2.05, 4.69) is 0 Å². The zero-order valence-corrected chi connectivity index (χ0v) is 18.1. The first-order valence-corrected chi connectivity index (χ1v) is 10.6. The van der Waals surface area contributed by atoms with Gasteiger partial charge in [-0.25, -0.2) is 4.79 Å². The summed E-state index contributed by atoms with van der Waals surface area (Å²) in [5.74, 6) is -0.430. The number of hydrogen-bond donors (Lipinski definition) is 0. The number of nitrogens with zero attached hydrogens (tertiary/aromatic N) is 3. The van der Waals surface area contributed by atoms with Crippen LogP contribution in [0.4, 0.5) is 4.79 Å². The standard InChI is InChI=1S/C20H23N3O4S2/c1-3-27-19(26)22-10-8-21(9-11-22)17(24)13-23-18(25)16(29-20(23)28)12-15-6-4-14(2)5-7-15/h4-7,12H,3,8-11,13H2,1-2H3/b16-12-. The van der Waals surface area contributed by atoms with E-state index in [9.17, 15) is 14.4 Å². The van der Waals surface area contributed by atoms with Crippen molar-refractivity contribution in [3.05, 3.63) is 40.3 Å². The molecular weight excluding hydrogens is 410 g/mol. The largest absolute Gasteiger partial charge is 0.450 e. The maximum absolute atomic E-state index is 12.7. The first kappa shape index (κ1) is 21.3. The maximum Gasteiger partial charge on any atom is 0.409 e. The Morgan fingerprint density at radius 2 is 1.76 bits per heavy atom. The fraction of sp³-hybridized carbons (Fsp3) is 0.400. The van der Waals surface area contributed by atoms with Crippen LogP contribution in [0.3, 0.4) is 0 Å². The van der Waals surface area contributed by atoms with Gasteiger partial charge < -0.3 is 14.5 Å². The number of carbonyl (C=O) groups is 3. The number of carbonyl (C=O) groups excluding carboxylic acids is 3. The van der Waals surface area contributed by atoms with Crippen LogP contribution >= 0.6 is 24.0 Å². The van der Waals surface area contributed by atoms with Gasteiger partial charge in [0.2, 0.25) is 5.91 Å². The number of thioether (sulfide) groups is 1. The van der Waals surface area contributed by atoms with Crippen molar-refractivity contribution in [1.82, 2.24) is 14.7 Å². The Morgan fingerprint density at radius 1 is 1.14 bits per heavy atom. The van der Waals surface area contributed by atoms with E-state index in [4.69, 9.17) is 17.0 Å². The van der Waals surface area contributed by atoms with E-state index in [-0.39, 0.29) is 24.5 Å². The van der Waals surface area contributed by atoms with Crippen molar-refractivity contribution in [2.75, 3.05) is 39.3 Å².